The van der Waals surface area contributed by atoms with Crippen LogP contribution in [-0.2, 0) is 19.7 Å². The van der Waals surface area contributed by atoms with Gasteiger partial charge in [-0.05, 0) is 30.2 Å². The summed E-state index contributed by atoms with van der Waals surface area (Å²) in [6, 6.07) is 7.71. The summed E-state index contributed by atoms with van der Waals surface area (Å²) < 4.78 is 50.0. The lowest BCUT2D eigenvalue weighted by Gasteiger charge is -2.11. The molecule has 21 heavy (non-hydrogen) atoms. The van der Waals surface area contributed by atoms with Gasteiger partial charge in [-0.1, -0.05) is 18.2 Å². The first kappa shape index (κ1) is 14.2. The molecule has 0 saturated carbocycles. The monoisotopic (exact) mass is 323 g/mol. The van der Waals surface area contributed by atoms with E-state index in [1.807, 2.05) is 0 Å². The molecule has 1 aromatic heterocycles. The maximum absolute atomic E-state index is 12.7. The Hall–Kier alpha value is -1.73. The molecular weight excluding hydrogens is 310 g/mol. The van der Waals surface area contributed by atoms with Gasteiger partial charge in [-0.2, -0.15) is 0 Å². The quantitative estimate of drug-likeness (QED) is 0.840. The molecule has 0 radical (unpaired) electrons. The van der Waals surface area contributed by atoms with Crippen molar-refractivity contribution in [3.05, 3.63) is 53.9 Å². The van der Waals surface area contributed by atoms with Crippen LogP contribution in [0, 0.1) is 6.92 Å². The van der Waals surface area contributed by atoms with Gasteiger partial charge in [-0.15, -0.1) is 0 Å². The SMILES string of the molecule is Cc1cccc2c1S(=O)(=O)CC2S(=O)(=O)c1ccncc1. The summed E-state index contributed by atoms with van der Waals surface area (Å²) >= 11 is 0. The predicted octanol–water partition coefficient (Wildman–Crippen LogP) is 1.69. The summed E-state index contributed by atoms with van der Waals surface area (Å²) in [6.45, 7) is 1.68. The molecule has 0 aliphatic carbocycles. The Kier molecular flexibility index (Phi) is 3.14. The van der Waals surface area contributed by atoms with E-state index in [-0.39, 0.29) is 9.79 Å². The maximum Gasteiger partial charge on any atom is 0.186 e. The Balaban J connectivity index is 2.23. The van der Waals surface area contributed by atoms with Gasteiger partial charge in [0.2, 0.25) is 0 Å². The molecule has 0 bridgehead atoms. The highest BCUT2D eigenvalue weighted by molar-refractivity contribution is 7.96. The van der Waals surface area contributed by atoms with Gasteiger partial charge in [-0.25, -0.2) is 16.8 Å². The van der Waals surface area contributed by atoms with Gasteiger partial charge in [0.1, 0.15) is 5.25 Å². The fourth-order valence-corrected chi connectivity index (χ4v) is 7.24. The van der Waals surface area contributed by atoms with Crippen LogP contribution < -0.4 is 0 Å². The molecule has 1 unspecified atom stereocenters. The maximum atomic E-state index is 12.7. The topological polar surface area (TPSA) is 81.2 Å². The van der Waals surface area contributed by atoms with Crippen LogP contribution in [-0.4, -0.2) is 27.6 Å². The molecule has 0 amide bonds. The second-order valence-electron chi connectivity index (χ2n) is 4.99. The highest BCUT2D eigenvalue weighted by atomic mass is 32.2. The van der Waals surface area contributed by atoms with Crippen LogP contribution >= 0.6 is 0 Å². The van der Waals surface area contributed by atoms with Crippen molar-refractivity contribution < 1.29 is 16.8 Å². The lowest BCUT2D eigenvalue weighted by molar-refractivity contribution is 0.582. The van der Waals surface area contributed by atoms with Crippen molar-refractivity contribution in [2.75, 3.05) is 5.75 Å². The Labute approximate surface area is 123 Å². The normalized spacial score (nSPS) is 20.1. The van der Waals surface area contributed by atoms with Crippen molar-refractivity contribution in [1.82, 2.24) is 4.98 Å². The van der Waals surface area contributed by atoms with Crippen LogP contribution in [0.25, 0.3) is 0 Å². The minimum Gasteiger partial charge on any atom is -0.265 e. The van der Waals surface area contributed by atoms with Gasteiger partial charge < -0.3 is 0 Å². The molecule has 0 saturated heterocycles. The van der Waals surface area contributed by atoms with Gasteiger partial charge in [0, 0.05) is 12.4 Å². The number of aryl methyl sites for hydroxylation is 1. The van der Waals surface area contributed by atoms with E-state index in [1.165, 1.54) is 24.5 Å². The number of pyridine rings is 1. The second-order valence-corrected chi connectivity index (χ2v) is 9.09. The number of rotatable bonds is 2. The van der Waals surface area contributed by atoms with Gasteiger partial charge in [0.15, 0.2) is 19.7 Å². The smallest absolute Gasteiger partial charge is 0.186 e. The summed E-state index contributed by atoms with van der Waals surface area (Å²) in [5.41, 5.74) is 0.951. The van der Waals surface area contributed by atoms with Crippen LogP contribution in [0.2, 0.25) is 0 Å². The highest BCUT2D eigenvalue weighted by Gasteiger charge is 2.43. The third-order valence-electron chi connectivity index (χ3n) is 3.62. The second kappa shape index (κ2) is 4.64. The van der Waals surface area contributed by atoms with Crippen molar-refractivity contribution in [1.29, 1.82) is 0 Å². The zero-order chi connectivity index (χ0) is 15.3. The summed E-state index contributed by atoms with van der Waals surface area (Å²) in [5, 5.41) is -1.06. The van der Waals surface area contributed by atoms with Gasteiger partial charge >= 0.3 is 0 Å². The van der Waals surface area contributed by atoms with E-state index in [4.69, 9.17) is 0 Å². The number of hydrogen-bond donors (Lipinski definition) is 0. The third kappa shape index (κ3) is 2.16. The van der Waals surface area contributed by atoms with E-state index in [0.717, 1.165) is 0 Å². The molecule has 3 rings (SSSR count). The van der Waals surface area contributed by atoms with Gasteiger partial charge in [-0.3, -0.25) is 4.98 Å². The lowest BCUT2D eigenvalue weighted by Crippen LogP contribution is -2.15. The molecule has 1 aliphatic rings. The number of nitrogens with zero attached hydrogens (tertiary/aromatic N) is 1. The first-order chi connectivity index (χ1) is 9.84. The van der Waals surface area contributed by atoms with Crippen LogP contribution in [0.1, 0.15) is 16.4 Å². The van der Waals surface area contributed by atoms with Gasteiger partial charge in [0.25, 0.3) is 0 Å². The predicted molar refractivity (Wildman–Crippen MR) is 77.4 cm³/mol. The number of benzene rings is 1. The van der Waals surface area contributed by atoms with E-state index < -0.39 is 30.7 Å². The number of sulfone groups is 2. The number of aromatic nitrogens is 1. The first-order valence-corrected chi connectivity index (χ1v) is 9.50. The summed E-state index contributed by atoms with van der Waals surface area (Å²) in [5.74, 6) is -0.405. The molecule has 7 heteroatoms. The van der Waals surface area contributed by atoms with Crippen molar-refractivity contribution in [3.8, 4) is 0 Å². The molecular formula is C14H13NO4S2. The molecule has 1 aromatic carbocycles. The van der Waals surface area contributed by atoms with E-state index in [9.17, 15) is 16.8 Å². The molecule has 1 atom stereocenters. The Morgan fingerprint density at radius 1 is 1.14 bits per heavy atom. The average molecular weight is 323 g/mol. The fraction of sp³-hybridized carbons (Fsp3) is 0.214. The molecule has 2 aromatic rings. The Morgan fingerprint density at radius 3 is 2.48 bits per heavy atom. The standard InChI is InChI=1S/C14H13NO4S2/c1-10-3-2-4-12-13(9-20(16,17)14(10)12)21(18,19)11-5-7-15-8-6-11/h2-8,13H,9H2,1H3. The Bertz CT molecular complexity index is 903. The molecule has 0 N–H and O–H groups in total. The summed E-state index contributed by atoms with van der Waals surface area (Å²) in [7, 11) is -7.33. The minimum atomic E-state index is -3.76. The third-order valence-corrected chi connectivity index (χ3v) is 7.89. The molecule has 110 valence electrons. The van der Waals surface area contributed by atoms with E-state index >= 15 is 0 Å². The fourth-order valence-electron chi connectivity index (χ4n) is 2.67. The van der Waals surface area contributed by atoms with Crippen LogP contribution in [0.3, 0.4) is 0 Å². The van der Waals surface area contributed by atoms with Crippen molar-refractivity contribution in [3.63, 3.8) is 0 Å². The molecule has 2 heterocycles. The molecule has 5 nitrogen and oxygen atoms in total. The van der Waals surface area contributed by atoms with Crippen LogP contribution in [0.5, 0.6) is 0 Å². The van der Waals surface area contributed by atoms with E-state index in [2.05, 4.69) is 4.98 Å². The largest absolute Gasteiger partial charge is 0.265 e. The van der Waals surface area contributed by atoms with Crippen molar-refractivity contribution in [2.45, 2.75) is 22.0 Å². The van der Waals surface area contributed by atoms with E-state index in [0.29, 0.717) is 11.1 Å². The van der Waals surface area contributed by atoms with Crippen LogP contribution in [0.15, 0.2) is 52.5 Å². The van der Waals surface area contributed by atoms with Crippen molar-refractivity contribution in [2.24, 2.45) is 0 Å². The molecule has 0 spiro atoms. The van der Waals surface area contributed by atoms with Crippen LogP contribution in [0.4, 0.5) is 0 Å². The van der Waals surface area contributed by atoms with E-state index in [1.54, 1.807) is 25.1 Å². The number of hydrogen-bond acceptors (Lipinski definition) is 5. The summed E-state index contributed by atoms with van der Waals surface area (Å²) in [4.78, 5) is 4.04. The molecule has 0 fully saturated rings. The Morgan fingerprint density at radius 2 is 1.81 bits per heavy atom. The minimum absolute atomic E-state index is 0.0899. The zero-order valence-corrected chi connectivity index (χ0v) is 12.9. The number of fused-ring (bicyclic) bond motifs is 1. The van der Waals surface area contributed by atoms with Crippen molar-refractivity contribution >= 4 is 19.7 Å². The average Bonchev–Trinajstić information content (AvgIpc) is 2.73. The summed E-state index contributed by atoms with van der Waals surface area (Å²) in [6.07, 6.45) is 2.76. The zero-order valence-electron chi connectivity index (χ0n) is 11.2. The van der Waals surface area contributed by atoms with Gasteiger partial charge in [0.05, 0.1) is 15.5 Å². The first-order valence-electron chi connectivity index (χ1n) is 6.30. The molecule has 1 aliphatic heterocycles. The highest BCUT2D eigenvalue weighted by Crippen LogP contribution is 2.42. The lowest BCUT2D eigenvalue weighted by atomic mass is 10.1.